The van der Waals surface area contributed by atoms with Crippen LogP contribution in [0, 0.1) is 0 Å². The Labute approximate surface area is 173 Å². The summed E-state index contributed by atoms with van der Waals surface area (Å²) >= 11 is 0. The maximum Gasteiger partial charge on any atom is 0.326 e. The second-order valence-corrected chi connectivity index (χ2v) is 6.82. The zero-order chi connectivity index (χ0) is 20.9. The molecule has 4 aromatic rings. The summed E-state index contributed by atoms with van der Waals surface area (Å²) in [6, 6.07) is 12.5. The lowest BCUT2D eigenvalue weighted by molar-refractivity contribution is 0.262. The van der Waals surface area contributed by atoms with Gasteiger partial charge in [-0.25, -0.2) is 14.8 Å². The molecule has 0 spiro atoms. The van der Waals surface area contributed by atoms with E-state index >= 15 is 0 Å². The molecule has 0 bridgehead atoms. The Kier molecular flexibility index (Phi) is 5.42. The lowest BCUT2D eigenvalue weighted by Crippen LogP contribution is -2.20. The van der Waals surface area contributed by atoms with Crippen LogP contribution in [-0.2, 0) is 0 Å². The van der Waals surface area contributed by atoms with E-state index in [1.54, 1.807) is 43.1 Å². The number of carbonyl (C=O) groups is 1. The van der Waals surface area contributed by atoms with Crippen LogP contribution in [0.2, 0.25) is 0 Å². The lowest BCUT2D eigenvalue weighted by Gasteiger charge is -2.11. The Morgan fingerprint density at radius 3 is 2.53 bits per heavy atom. The summed E-state index contributed by atoms with van der Waals surface area (Å²) in [5.41, 5.74) is 2.49. The molecule has 0 fully saturated rings. The highest BCUT2D eigenvalue weighted by Gasteiger charge is 2.12. The molecule has 4 rings (SSSR count). The monoisotopic (exact) mass is 400 g/mol. The number of pyridine rings is 3. The molecular formula is C21H20N8O. The topological polar surface area (TPSA) is 111 Å². The van der Waals surface area contributed by atoms with E-state index in [1.165, 1.54) is 0 Å². The molecule has 0 saturated carbocycles. The van der Waals surface area contributed by atoms with Crippen LogP contribution in [0.3, 0.4) is 0 Å². The molecule has 2 N–H and O–H groups in total. The van der Waals surface area contributed by atoms with Gasteiger partial charge in [0.2, 0.25) is 0 Å². The largest absolute Gasteiger partial charge is 0.326 e. The lowest BCUT2D eigenvalue weighted by atomic mass is 10.1. The minimum absolute atomic E-state index is 0.192. The first kappa shape index (κ1) is 19.2. The molecule has 0 aliphatic carbocycles. The Morgan fingerprint density at radius 2 is 1.80 bits per heavy atom. The van der Waals surface area contributed by atoms with E-state index in [1.807, 2.05) is 42.7 Å². The number of amides is 2. The molecule has 30 heavy (non-hydrogen) atoms. The van der Waals surface area contributed by atoms with Crippen molar-refractivity contribution in [1.29, 1.82) is 0 Å². The molecule has 0 aliphatic heterocycles. The molecule has 4 aromatic heterocycles. The van der Waals surface area contributed by atoms with Crippen molar-refractivity contribution >= 4 is 17.7 Å². The molecule has 9 heteroatoms. The highest BCUT2D eigenvalue weighted by atomic mass is 16.2. The number of hydrogen-bond acceptors (Lipinski definition) is 6. The van der Waals surface area contributed by atoms with E-state index in [2.05, 4.69) is 35.8 Å². The van der Waals surface area contributed by atoms with Crippen LogP contribution >= 0.6 is 0 Å². The predicted octanol–water partition coefficient (Wildman–Crippen LogP) is 4.02. The predicted molar refractivity (Wildman–Crippen MR) is 114 cm³/mol. The third-order valence-electron chi connectivity index (χ3n) is 4.35. The van der Waals surface area contributed by atoms with Crippen molar-refractivity contribution in [3.8, 4) is 22.6 Å². The second-order valence-electron chi connectivity index (χ2n) is 6.82. The number of carbonyl (C=O) groups excluding carboxylic acids is 1. The van der Waals surface area contributed by atoms with E-state index in [9.17, 15) is 4.79 Å². The number of rotatable bonds is 5. The molecule has 0 aromatic carbocycles. The van der Waals surface area contributed by atoms with Crippen LogP contribution in [-0.4, -0.2) is 35.7 Å². The number of anilines is 2. The third-order valence-corrected chi connectivity index (χ3v) is 4.35. The van der Waals surface area contributed by atoms with Crippen LogP contribution in [0.4, 0.5) is 16.4 Å². The van der Waals surface area contributed by atoms with Crippen LogP contribution in [0.15, 0.2) is 67.4 Å². The Balaban J connectivity index is 1.44. The first-order valence-electron chi connectivity index (χ1n) is 9.41. The van der Waals surface area contributed by atoms with Gasteiger partial charge in [-0.15, -0.1) is 10.2 Å². The van der Waals surface area contributed by atoms with Gasteiger partial charge in [-0.3, -0.25) is 15.6 Å². The molecule has 4 heterocycles. The minimum Gasteiger partial charge on any atom is -0.310 e. The number of aromatic nitrogens is 6. The van der Waals surface area contributed by atoms with Gasteiger partial charge in [0.1, 0.15) is 23.7 Å². The zero-order valence-corrected chi connectivity index (χ0v) is 16.5. The molecule has 0 saturated heterocycles. The zero-order valence-electron chi connectivity index (χ0n) is 16.5. The highest BCUT2D eigenvalue weighted by molar-refractivity contribution is 5.98. The van der Waals surface area contributed by atoms with Crippen molar-refractivity contribution in [2.24, 2.45) is 0 Å². The summed E-state index contributed by atoms with van der Waals surface area (Å²) < 4.78 is 1.92. The Bertz CT molecular complexity index is 1140. The third kappa shape index (κ3) is 4.30. The number of nitrogens with one attached hydrogen (secondary N) is 2. The second kappa shape index (κ2) is 8.48. The fraction of sp³-hybridized carbons (Fsp3) is 0.143. The van der Waals surface area contributed by atoms with E-state index in [-0.39, 0.29) is 6.04 Å². The van der Waals surface area contributed by atoms with Crippen molar-refractivity contribution in [2.75, 3.05) is 10.6 Å². The molecule has 0 unspecified atom stereocenters. The van der Waals surface area contributed by atoms with E-state index < -0.39 is 6.03 Å². The maximum absolute atomic E-state index is 12.4. The van der Waals surface area contributed by atoms with E-state index in [0.717, 1.165) is 11.1 Å². The first-order valence-corrected chi connectivity index (χ1v) is 9.41. The van der Waals surface area contributed by atoms with Gasteiger partial charge in [-0.1, -0.05) is 12.1 Å². The Morgan fingerprint density at radius 1 is 0.967 bits per heavy atom. The van der Waals surface area contributed by atoms with Crippen molar-refractivity contribution in [1.82, 2.24) is 29.7 Å². The molecule has 2 amide bonds. The van der Waals surface area contributed by atoms with Crippen molar-refractivity contribution < 1.29 is 4.79 Å². The molecule has 0 radical (unpaired) electrons. The molecule has 9 nitrogen and oxygen atoms in total. The minimum atomic E-state index is -0.438. The van der Waals surface area contributed by atoms with Crippen LogP contribution in [0.1, 0.15) is 19.9 Å². The summed E-state index contributed by atoms with van der Waals surface area (Å²) in [6.07, 6.45) is 6.82. The quantitative estimate of drug-likeness (QED) is 0.523. The van der Waals surface area contributed by atoms with Gasteiger partial charge >= 0.3 is 6.03 Å². The van der Waals surface area contributed by atoms with Gasteiger partial charge in [0.25, 0.3) is 0 Å². The van der Waals surface area contributed by atoms with E-state index in [4.69, 9.17) is 0 Å². The molecule has 0 aliphatic rings. The average Bonchev–Trinajstić information content (AvgIpc) is 3.25. The standard InChI is InChI=1S/C21H20N8O/c1-14(2)29-13-24-28-20(29)17-6-3-7-19(25-17)27-21(30)26-18-9-8-16(12-23-18)15-5-4-10-22-11-15/h3-14H,1-2H3,(H2,23,25,26,27,30). The summed E-state index contributed by atoms with van der Waals surface area (Å²) in [5, 5.41) is 13.5. The van der Waals surface area contributed by atoms with Crippen molar-refractivity contribution in [2.45, 2.75) is 19.9 Å². The summed E-state index contributed by atoms with van der Waals surface area (Å²) in [5.74, 6) is 1.47. The SMILES string of the molecule is CC(C)n1cnnc1-c1cccc(NC(=O)Nc2ccc(-c3cccnc3)cn2)n1. The fourth-order valence-electron chi connectivity index (χ4n) is 2.87. The summed E-state index contributed by atoms with van der Waals surface area (Å²) in [4.78, 5) is 25.2. The summed E-state index contributed by atoms with van der Waals surface area (Å²) in [6.45, 7) is 4.07. The summed E-state index contributed by atoms with van der Waals surface area (Å²) in [7, 11) is 0. The smallest absolute Gasteiger partial charge is 0.310 e. The van der Waals surface area contributed by atoms with Gasteiger partial charge in [0.05, 0.1) is 0 Å². The number of hydrogen-bond donors (Lipinski definition) is 2. The molecule has 0 atom stereocenters. The van der Waals surface area contributed by atoms with Crippen molar-refractivity contribution in [3.05, 3.63) is 67.4 Å². The van der Waals surface area contributed by atoms with E-state index in [0.29, 0.717) is 23.2 Å². The van der Waals surface area contributed by atoms with Gasteiger partial charge in [0.15, 0.2) is 5.82 Å². The van der Waals surface area contributed by atoms with Gasteiger partial charge < -0.3 is 4.57 Å². The highest BCUT2D eigenvalue weighted by Crippen LogP contribution is 2.20. The fourth-order valence-corrected chi connectivity index (χ4v) is 2.87. The van der Waals surface area contributed by atoms with Gasteiger partial charge in [0, 0.05) is 35.8 Å². The maximum atomic E-state index is 12.4. The number of nitrogens with zero attached hydrogens (tertiary/aromatic N) is 6. The Hall–Kier alpha value is -4.14. The van der Waals surface area contributed by atoms with Crippen LogP contribution in [0.25, 0.3) is 22.6 Å². The van der Waals surface area contributed by atoms with Crippen LogP contribution < -0.4 is 10.6 Å². The molecular weight excluding hydrogens is 380 g/mol. The molecule has 150 valence electrons. The normalized spacial score (nSPS) is 10.8. The van der Waals surface area contributed by atoms with Gasteiger partial charge in [-0.05, 0) is 44.2 Å². The average molecular weight is 400 g/mol. The van der Waals surface area contributed by atoms with Crippen molar-refractivity contribution in [3.63, 3.8) is 0 Å². The first-order chi connectivity index (χ1) is 14.6. The number of urea groups is 1. The van der Waals surface area contributed by atoms with Gasteiger partial charge in [-0.2, -0.15) is 0 Å². The van der Waals surface area contributed by atoms with Crippen LogP contribution in [0.5, 0.6) is 0 Å².